The summed E-state index contributed by atoms with van der Waals surface area (Å²) in [6.45, 7) is 3.06. The van der Waals surface area contributed by atoms with Crippen molar-refractivity contribution in [2.24, 2.45) is 0 Å². The zero-order chi connectivity index (χ0) is 16.7. The van der Waals surface area contributed by atoms with Gasteiger partial charge in [-0.1, -0.05) is 0 Å². The molecule has 9 nitrogen and oxygen atoms in total. The van der Waals surface area contributed by atoms with Crippen LogP contribution in [0, 0.1) is 0 Å². The van der Waals surface area contributed by atoms with E-state index in [4.69, 9.17) is 0 Å². The predicted molar refractivity (Wildman–Crippen MR) is 90.6 cm³/mol. The second-order valence-corrected chi connectivity index (χ2v) is 6.23. The molecule has 2 saturated heterocycles. The quantitative estimate of drug-likeness (QED) is 0.871. The normalized spacial score (nSPS) is 17.8. The number of amides is 2. The van der Waals surface area contributed by atoms with Crippen LogP contribution in [0.4, 0.5) is 22.2 Å². The Bertz CT molecular complexity index is 751. The summed E-state index contributed by atoms with van der Waals surface area (Å²) in [5, 5.41) is 7.22. The summed E-state index contributed by atoms with van der Waals surface area (Å²) >= 11 is 0. The van der Waals surface area contributed by atoms with Crippen molar-refractivity contribution in [1.82, 2.24) is 25.1 Å². The molecule has 2 fully saturated rings. The molecule has 2 aromatic heterocycles. The number of hydrogen-bond donors (Lipinski definition) is 1. The largest absolute Gasteiger partial charge is 0.352 e. The van der Waals surface area contributed by atoms with E-state index >= 15 is 0 Å². The van der Waals surface area contributed by atoms with Crippen LogP contribution in [0.2, 0.25) is 0 Å². The van der Waals surface area contributed by atoms with E-state index in [1.807, 2.05) is 35.9 Å². The molecule has 2 aliphatic rings. The van der Waals surface area contributed by atoms with Gasteiger partial charge in [0.15, 0.2) is 0 Å². The van der Waals surface area contributed by atoms with E-state index in [2.05, 4.69) is 25.3 Å². The van der Waals surface area contributed by atoms with Gasteiger partial charge in [0, 0.05) is 52.7 Å². The van der Waals surface area contributed by atoms with Crippen molar-refractivity contribution in [3.63, 3.8) is 0 Å². The number of rotatable bonds is 4. The lowest BCUT2D eigenvalue weighted by Crippen LogP contribution is -2.48. The van der Waals surface area contributed by atoms with Gasteiger partial charge in [-0.25, -0.2) is 9.78 Å². The molecular formula is C15H20N8O. The molecule has 0 radical (unpaired) electrons. The Labute approximate surface area is 139 Å². The van der Waals surface area contributed by atoms with Crippen molar-refractivity contribution in [2.45, 2.75) is 6.04 Å². The van der Waals surface area contributed by atoms with Crippen LogP contribution >= 0.6 is 0 Å². The zero-order valence-corrected chi connectivity index (χ0v) is 13.8. The fourth-order valence-corrected chi connectivity index (χ4v) is 2.93. The first-order valence-electron chi connectivity index (χ1n) is 7.96. The highest BCUT2D eigenvalue weighted by molar-refractivity contribution is 5.93. The van der Waals surface area contributed by atoms with Crippen molar-refractivity contribution in [3.05, 3.63) is 24.7 Å². The molecule has 0 saturated carbocycles. The van der Waals surface area contributed by atoms with Crippen molar-refractivity contribution in [1.29, 1.82) is 0 Å². The minimum atomic E-state index is -0.0537. The van der Waals surface area contributed by atoms with Crippen LogP contribution in [0.25, 0.3) is 0 Å². The number of hydrogen-bond acceptors (Lipinski definition) is 6. The molecule has 1 N–H and O–H groups in total. The van der Waals surface area contributed by atoms with Crippen LogP contribution in [-0.4, -0.2) is 66.1 Å². The number of carbonyl (C=O) groups excluding carboxylic acids is 1. The Kier molecular flexibility index (Phi) is 3.47. The molecule has 0 spiro atoms. The van der Waals surface area contributed by atoms with Crippen LogP contribution < -0.4 is 20.0 Å². The lowest BCUT2D eigenvalue weighted by Gasteiger charge is -2.40. The third kappa shape index (κ3) is 2.51. The second kappa shape index (κ2) is 5.66. The van der Waals surface area contributed by atoms with Crippen LogP contribution in [0.15, 0.2) is 24.7 Å². The fourth-order valence-electron chi connectivity index (χ4n) is 2.93. The summed E-state index contributed by atoms with van der Waals surface area (Å²) < 4.78 is 1.94. The van der Waals surface area contributed by atoms with E-state index in [-0.39, 0.29) is 6.03 Å². The van der Waals surface area contributed by atoms with E-state index in [9.17, 15) is 4.79 Å². The molecule has 0 aromatic carbocycles. The van der Waals surface area contributed by atoms with Crippen molar-refractivity contribution >= 4 is 23.5 Å². The first kappa shape index (κ1) is 14.7. The second-order valence-electron chi connectivity index (χ2n) is 6.23. The standard InChI is InChI=1S/C15H20N8O/c1-20(2)14-16-4-3-13(19-14)21-8-12(9-21)23-10-11(7-18-23)22-6-5-17-15(22)24/h3-4,7,10,12H,5-6,8-9H2,1-2H3,(H,17,24). The Morgan fingerprint density at radius 1 is 1.33 bits per heavy atom. The molecule has 0 unspecified atom stereocenters. The lowest BCUT2D eigenvalue weighted by atomic mass is 10.1. The van der Waals surface area contributed by atoms with E-state index in [0.29, 0.717) is 25.1 Å². The summed E-state index contributed by atoms with van der Waals surface area (Å²) in [6, 6.07) is 2.16. The number of carbonyl (C=O) groups is 1. The van der Waals surface area contributed by atoms with Gasteiger partial charge in [-0.3, -0.25) is 9.58 Å². The minimum Gasteiger partial charge on any atom is -0.352 e. The van der Waals surface area contributed by atoms with Crippen molar-refractivity contribution in [3.8, 4) is 0 Å². The molecule has 126 valence electrons. The predicted octanol–water partition coefficient (Wildman–Crippen LogP) is 0.330. The highest BCUT2D eigenvalue weighted by Gasteiger charge is 2.31. The van der Waals surface area contributed by atoms with Gasteiger partial charge < -0.3 is 15.1 Å². The first-order chi connectivity index (χ1) is 11.6. The number of urea groups is 1. The van der Waals surface area contributed by atoms with Crippen molar-refractivity contribution < 1.29 is 4.79 Å². The van der Waals surface area contributed by atoms with Gasteiger partial charge in [0.2, 0.25) is 5.95 Å². The molecule has 2 aliphatic heterocycles. The maximum Gasteiger partial charge on any atom is 0.322 e. The maximum absolute atomic E-state index is 11.7. The SMILES string of the molecule is CN(C)c1nccc(N2CC(n3cc(N4CCNC4=O)cn3)C2)n1. The minimum absolute atomic E-state index is 0.0537. The summed E-state index contributed by atoms with van der Waals surface area (Å²) in [5.74, 6) is 1.63. The molecule has 2 amide bonds. The van der Waals surface area contributed by atoms with Crippen molar-refractivity contribution in [2.75, 3.05) is 55.0 Å². The molecule has 2 aromatic rings. The van der Waals surface area contributed by atoms with Gasteiger partial charge in [-0.2, -0.15) is 10.1 Å². The maximum atomic E-state index is 11.7. The number of nitrogens with zero attached hydrogens (tertiary/aromatic N) is 7. The summed E-state index contributed by atoms with van der Waals surface area (Å²) in [4.78, 5) is 26.3. The molecule has 4 rings (SSSR count). The van der Waals surface area contributed by atoms with Crippen LogP contribution in [0.3, 0.4) is 0 Å². The van der Waals surface area contributed by atoms with Crippen LogP contribution in [-0.2, 0) is 0 Å². The molecular weight excluding hydrogens is 308 g/mol. The van der Waals surface area contributed by atoms with E-state index < -0.39 is 0 Å². The smallest absolute Gasteiger partial charge is 0.322 e. The number of aromatic nitrogens is 4. The Morgan fingerprint density at radius 3 is 2.88 bits per heavy atom. The third-order valence-electron chi connectivity index (χ3n) is 4.34. The van der Waals surface area contributed by atoms with Gasteiger partial charge in [0.25, 0.3) is 0 Å². The van der Waals surface area contributed by atoms with Gasteiger partial charge in [0.1, 0.15) is 5.82 Å². The molecule has 24 heavy (non-hydrogen) atoms. The van der Waals surface area contributed by atoms with E-state index in [0.717, 1.165) is 24.6 Å². The highest BCUT2D eigenvalue weighted by Crippen LogP contribution is 2.28. The molecule has 0 bridgehead atoms. The van der Waals surface area contributed by atoms with Crippen LogP contribution in [0.1, 0.15) is 6.04 Å². The Hall–Kier alpha value is -2.84. The zero-order valence-electron chi connectivity index (χ0n) is 13.8. The molecule has 0 atom stereocenters. The molecule has 4 heterocycles. The summed E-state index contributed by atoms with van der Waals surface area (Å²) in [5.41, 5.74) is 0.848. The highest BCUT2D eigenvalue weighted by atomic mass is 16.2. The lowest BCUT2D eigenvalue weighted by molar-refractivity contribution is 0.252. The Morgan fingerprint density at radius 2 is 2.17 bits per heavy atom. The van der Waals surface area contributed by atoms with Gasteiger partial charge in [-0.15, -0.1) is 0 Å². The third-order valence-corrected chi connectivity index (χ3v) is 4.34. The topological polar surface area (TPSA) is 82.4 Å². The van der Waals surface area contributed by atoms with E-state index in [1.165, 1.54) is 0 Å². The fraction of sp³-hybridized carbons (Fsp3) is 0.467. The average Bonchev–Trinajstić information content (AvgIpc) is 3.15. The van der Waals surface area contributed by atoms with Gasteiger partial charge in [0.05, 0.1) is 17.9 Å². The monoisotopic (exact) mass is 328 g/mol. The molecule has 0 aliphatic carbocycles. The number of nitrogens with one attached hydrogen (secondary N) is 1. The summed E-state index contributed by atoms with van der Waals surface area (Å²) in [7, 11) is 3.86. The number of anilines is 3. The first-order valence-corrected chi connectivity index (χ1v) is 7.96. The van der Waals surface area contributed by atoms with Gasteiger partial charge >= 0.3 is 6.03 Å². The summed E-state index contributed by atoms with van der Waals surface area (Å²) in [6.07, 6.45) is 5.48. The average molecular weight is 328 g/mol. The van der Waals surface area contributed by atoms with Gasteiger partial charge in [-0.05, 0) is 6.07 Å². The molecule has 9 heteroatoms. The Balaban J connectivity index is 1.42. The van der Waals surface area contributed by atoms with Crippen LogP contribution in [0.5, 0.6) is 0 Å². The van der Waals surface area contributed by atoms with E-state index in [1.54, 1.807) is 17.3 Å².